The summed E-state index contributed by atoms with van der Waals surface area (Å²) >= 11 is 0. The zero-order chi connectivity index (χ0) is 10.4. The van der Waals surface area contributed by atoms with Crippen molar-refractivity contribution >= 4 is 0 Å². The first-order valence-electron chi connectivity index (χ1n) is 5.63. The van der Waals surface area contributed by atoms with Gasteiger partial charge in [0.05, 0.1) is 0 Å². The van der Waals surface area contributed by atoms with Crippen molar-refractivity contribution in [3.63, 3.8) is 0 Å². The van der Waals surface area contributed by atoms with E-state index < -0.39 is 0 Å². The van der Waals surface area contributed by atoms with Crippen molar-refractivity contribution in [3.8, 4) is 0 Å². The fourth-order valence-electron chi connectivity index (χ4n) is 2.23. The number of hydrogen-bond donors (Lipinski definition) is 1. The van der Waals surface area contributed by atoms with Crippen molar-refractivity contribution in [1.82, 2.24) is 10.2 Å². The third kappa shape index (κ3) is 4.40. The van der Waals surface area contributed by atoms with Crippen LogP contribution in [0.5, 0.6) is 0 Å². The molecule has 0 aromatic rings. The topological polar surface area (TPSA) is 24.5 Å². The zero-order valence-corrected chi connectivity index (χ0v) is 9.75. The maximum atomic E-state index is 5.13. The van der Waals surface area contributed by atoms with E-state index in [1.165, 1.54) is 25.9 Å². The first kappa shape index (κ1) is 12.0. The van der Waals surface area contributed by atoms with Crippen LogP contribution < -0.4 is 5.32 Å². The first-order chi connectivity index (χ1) is 6.72. The van der Waals surface area contributed by atoms with Crippen LogP contribution in [0, 0.1) is 5.92 Å². The predicted molar refractivity (Wildman–Crippen MR) is 59.6 cm³/mol. The van der Waals surface area contributed by atoms with E-state index >= 15 is 0 Å². The summed E-state index contributed by atoms with van der Waals surface area (Å²) in [6.45, 7) is 6.61. The fourth-order valence-corrected chi connectivity index (χ4v) is 2.23. The third-order valence-corrected chi connectivity index (χ3v) is 2.77. The van der Waals surface area contributed by atoms with Gasteiger partial charge >= 0.3 is 0 Å². The van der Waals surface area contributed by atoms with Crippen molar-refractivity contribution in [1.29, 1.82) is 0 Å². The maximum Gasteiger partial charge on any atom is 0.0500 e. The molecule has 1 N–H and O–H groups in total. The molecule has 0 spiro atoms. The minimum Gasteiger partial charge on any atom is -0.384 e. The van der Waals surface area contributed by atoms with Gasteiger partial charge in [-0.25, -0.2) is 0 Å². The highest BCUT2D eigenvalue weighted by Gasteiger charge is 2.16. The molecule has 84 valence electrons. The van der Waals surface area contributed by atoms with E-state index in [9.17, 15) is 0 Å². The molecule has 0 aromatic heterocycles. The van der Waals surface area contributed by atoms with Crippen LogP contribution in [0.2, 0.25) is 0 Å². The van der Waals surface area contributed by atoms with Crippen molar-refractivity contribution in [2.24, 2.45) is 5.92 Å². The van der Waals surface area contributed by atoms with Crippen LogP contribution in [-0.2, 0) is 4.74 Å². The third-order valence-electron chi connectivity index (χ3n) is 2.77. The highest BCUT2D eigenvalue weighted by molar-refractivity contribution is 4.77. The number of methoxy groups -OCH3 is 1. The van der Waals surface area contributed by atoms with E-state index in [0.717, 1.165) is 19.2 Å². The van der Waals surface area contributed by atoms with Gasteiger partial charge in [-0.05, 0) is 32.4 Å². The molecule has 2 unspecified atom stereocenters. The molecule has 3 nitrogen and oxygen atoms in total. The summed E-state index contributed by atoms with van der Waals surface area (Å²) in [5.41, 5.74) is 0. The minimum absolute atomic E-state index is 0.631. The molecule has 1 heterocycles. The quantitative estimate of drug-likeness (QED) is 0.691. The van der Waals surface area contributed by atoms with E-state index in [4.69, 9.17) is 4.74 Å². The molecule has 1 aliphatic heterocycles. The Labute approximate surface area is 87.8 Å². The van der Waals surface area contributed by atoms with Crippen molar-refractivity contribution in [3.05, 3.63) is 0 Å². The standard InChI is InChI=1S/C11H24N2O/c1-10(9-14-3)7-13(2)8-11-5-4-6-12-11/h10-12H,4-9H2,1-3H3. The molecule has 1 fully saturated rings. The van der Waals surface area contributed by atoms with Crippen LogP contribution in [0.3, 0.4) is 0 Å². The molecule has 14 heavy (non-hydrogen) atoms. The Morgan fingerprint density at radius 3 is 2.93 bits per heavy atom. The highest BCUT2D eigenvalue weighted by Crippen LogP contribution is 2.07. The van der Waals surface area contributed by atoms with Gasteiger partial charge in [0.25, 0.3) is 0 Å². The average Bonchev–Trinajstić information content (AvgIpc) is 2.56. The number of likely N-dealkylation sites (N-methyl/N-ethyl adjacent to an activating group) is 1. The highest BCUT2D eigenvalue weighted by atomic mass is 16.5. The summed E-state index contributed by atoms with van der Waals surface area (Å²) in [4.78, 5) is 2.41. The second-order valence-electron chi connectivity index (χ2n) is 4.58. The zero-order valence-electron chi connectivity index (χ0n) is 9.75. The Balaban J connectivity index is 2.10. The molecule has 3 heteroatoms. The van der Waals surface area contributed by atoms with Gasteiger partial charge in [-0.3, -0.25) is 0 Å². The molecule has 0 amide bonds. The maximum absolute atomic E-state index is 5.13. The molecule has 2 atom stereocenters. The Bertz CT molecular complexity index is 146. The number of nitrogens with zero attached hydrogens (tertiary/aromatic N) is 1. The summed E-state index contributed by atoms with van der Waals surface area (Å²) < 4.78 is 5.13. The van der Waals surface area contributed by atoms with E-state index in [1.54, 1.807) is 7.11 Å². The lowest BCUT2D eigenvalue weighted by molar-refractivity contribution is 0.135. The Kier molecular flexibility index (Phi) is 5.45. The van der Waals surface area contributed by atoms with Gasteiger partial charge in [-0.2, -0.15) is 0 Å². The van der Waals surface area contributed by atoms with Crippen LogP contribution in [0.15, 0.2) is 0 Å². The van der Waals surface area contributed by atoms with Gasteiger partial charge in [-0.15, -0.1) is 0 Å². The van der Waals surface area contributed by atoms with Crippen LogP contribution >= 0.6 is 0 Å². The smallest absolute Gasteiger partial charge is 0.0500 e. The van der Waals surface area contributed by atoms with E-state index in [0.29, 0.717) is 5.92 Å². The molecule has 1 aliphatic rings. The van der Waals surface area contributed by atoms with Gasteiger partial charge in [0, 0.05) is 32.8 Å². The number of rotatable bonds is 6. The second-order valence-corrected chi connectivity index (χ2v) is 4.58. The molecule has 0 saturated carbocycles. The van der Waals surface area contributed by atoms with E-state index in [-0.39, 0.29) is 0 Å². The van der Waals surface area contributed by atoms with Crippen LogP contribution in [-0.4, -0.2) is 51.3 Å². The summed E-state index contributed by atoms with van der Waals surface area (Å²) in [5.74, 6) is 0.631. The number of nitrogens with one attached hydrogen (secondary N) is 1. The Hall–Kier alpha value is -0.120. The molecular formula is C11H24N2O. The van der Waals surface area contributed by atoms with Gasteiger partial charge in [0.15, 0.2) is 0 Å². The molecule has 0 bridgehead atoms. The van der Waals surface area contributed by atoms with Crippen molar-refractivity contribution < 1.29 is 4.74 Å². The molecule has 1 rings (SSSR count). The fraction of sp³-hybridized carbons (Fsp3) is 1.00. The summed E-state index contributed by atoms with van der Waals surface area (Å²) in [5, 5.41) is 3.52. The normalized spacial score (nSPS) is 24.4. The second kappa shape index (κ2) is 6.38. The summed E-state index contributed by atoms with van der Waals surface area (Å²) in [6, 6.07) is 0.717. The first-order valence-corrected chi connectivity index (χ1v) is 5.63. The van der Waals surface area contributed by atoms with Crippen LogP contribution in [0.4, 0.5) is 0 Å². The van der Waals surface area contributed by atoms with Crippen molar-refractivity contribution in [2.75, 3.05) is 40.4 Å². The van der Waals surface area contributed by atoms with E-state index in [1.807, 2.05) is 0 Å². The lowest BCUT2D eigenvalue weighted by Crippen LogP contribution is -2.37. The lowest BCUT2D eigenvalue weighted by Gasteiger charge is -2.23. The SMILES string of the molecule is COCC(C)CN(C)CC1CCCN1. The van der Waals surface area contributed by atoms with Crippen LogP contribution in [0.1, 0.15) is 19.8 Å². The molecule has 0 radical (unpaired) electrons. The predicted octanol–water partition coefficient (Wildman–Crippen LogP) is 0.953. The van der Waals surface area contributed by atoms with Crippen molar-refractivity contribution in [2.45, 2.75) is 25.8 Å². The van der Waals surface area contributed by atoms with Gasteiger partial charge < -0.3 is 15.0 Å². The number of hydrogen-bond acceptors (Lipinski definition) is 3. The molecule has 0 aromatic carbocycles. The molecule has 0 aliphatic carbocycles. The van der Waals surface area contributed by atoms with Gasteiger partial charge in [-0.1, -0.05) is 6.92 Å². The largest absolute Gasteiger partial charge is 0.384 e. The average molecular weight is 200 g/mol. The molecular weight excluding hydrogens is 176 g/mol. The summed E-state index contributed by atoms with van der Waals surface area (Å²) in [6.07, 6.45) is 2.68. The van der Waals surface area contributed by atoms with E-state index in [2.05, 4.69) is 24.2 Å². The number of ether oxygens (including phenoxy) is 1. The van der Waals surface area contributed by atoms with Crippen LogP contribution in [0.25, 0.3) is 0 Å². The Morgan fingerprint density at radius 1 is 1.57 bits per heavy atom. The minimum atomic E-state index is 0.631. The van der Waals surface area contributed by atoms with Gasteiger partial charge in [0.2, 0.25) is 0 Å². The lowest BCUT2D eigenvalue weighted by atomic mass is 10.1. The van der Waals surface area contributed by atoms with Gasteiger partial charge in [0.1, 0.15) is 0 Å². The summed E-state index contributed by atoms with van der Waals surface area (Å²) in [7, 11) is 3.97. The Morgan fingerprint density at radius 2 is 2.36 bits per heavy atom. The monoisotopic (exact) mass is 200 g/mol. The molecule has 1 saturated heterocycles.